The van der Waals surface area contributed by atoms with Crippen molar-refractivity contribution >= 4 is 11.6 Å². The third-order valence-electron chi connectivity index (χ3n) is 2.43. The molecule has 0 aliphatic carbocycles. The Bertz CT molecular complexity index is 427. The van der Waals surface area contributed by atoms with Crippen LogP contribution in [0, 0.1) is 18.3 Å². The number of nitrogens with zero attached hydrogens (tertiary/aromatic N) is 1. The molecule has 19 heavy (non-hydrogen) atoms. The molecular weight excluding hydrogens is 266 g/mol. The van der Waals surface area contributed by atoms with Crippen LogP contribution in [0.5, 0.6) is 5.75 Å². The van der Waals surface area contributed by atoms with E-state index < -0.39 is 6.29 Å². The molecule has 0 bridgehead atoms. The van der Waals surface area contributed by atoms with E-state index in [1.54, 1.807) is 12.1 Å². The molecule has 0 amide bonds. The first-order valence-electron chi connectivity index (χ1n) is 6.18. The Kier molecular flexibility index (Phi) is 6.65. The van der Waals surface area contributed by atoms with E-state index in [-0.39, 0.29) is 6.61 Å². The van der Waals surface area contributed by atoms with E-state index in [1.165, 1.54) is 0 Å². The maximum atomic E-state index is 8.85. The largest absolute Gasteiger partial charge is 0.486 e. The topological polar surface area (TPSA) is 51.5 Å². The Labute approximate surface area is 118 Å². The van der Waals surface area contributed by atoms with Crippen LogP contribution < -0.4 is 4.74 Å². The van der Waals surface area contributed by atoms with Gasteiger partial charge in [0.05, 0.1) is 16.7 Å². The van der Waals surface area contributed by atoms with Crippen molar-refractivity contribution in [3.63, 3.8) is 0 Å². The number of ether oxygens (including phenoxy) is 3. The van der Waals surface area contributed by atoms with E-state index in [2.05, 4.69) is 6.07 Å². The zero-order valence-electron chi connectivity index (χ0n) is 11.4. The summed E-state index contributed by atoms with van der Waals surface area (Å²) in [7, 11) is 0. The summed E-state index contributed by atoms with van der Waals surface area (Å²) in [6.45, 7) is 6.99. The summed E-state index contributed by atoms with van der Waals surface area (Å²) >= 11 is 6.09. The lowest BCUT2D eigenvalue weighted by Gasteiger charge is -2.19. The molecule has 0 N–H and O–H groups in total. The van der Waals surface area contributed by atoms with Crippen molar-refractivity contribution in [1.82, 2.24) is 0 Å². The fraction of sp³-hybridized carbons (Fsp3) is 0.500. The molecule has 104 valence electrons. The van der Waals surface area contributed by atoms with Gasteiger partial charge in [-0.15, -0.1) is 0 Å². The van der Waals surface area contributed by atoms with Crippen LogP contribution in [0.4, 0.5) is 0 Å². The van der Waals surface area contributed by atoms with Gasteiger partial charge in [-0.3, -0.25) is 0 Å². The molecule has 0 atom stereocenters. The van der Waals surface area contributed by atoms with Crippen molar-refractivity contribution in [2.75, 3.05) is 19.8 Å². The third-order valence-corrected chi connectivity index (χ3v) is 2.71. The van der Waals surface area contributed by atoms with E-state index in [1.807, 2.05) is 20.8 Å². The zero-order chi connectivity index (χ0) is 14.3. The zero-order valence-corrected chi connectivity index (χ0v) is 12.2. The van der Waals surface area contributed by atoms with E-state index in [0.717, 1.165) is 5.56 Å². The molecule has 4 nitrogen and oxygen atoms in total. The van der Waals surface area contributed by atoms with Crippen molar-refractivity contribution in [2.45, 2.75) is 27.1 Å². The minimum absolute atomic E-state index is 0.258. The van der Waals surface area contributed by atoms with Gasteiger partial charge >= 0.3 is 0 Å². The van der Waals surface area contributed by atoms with Crippen molar-refractivity contribution < 1.29 is 14.2 Å². The van der Waals surface area contributed by atoms with Crippen molar-refractivity contribution in [1.29, 1.82) is 5.26 Å². The van der Waals surface area contributed by atoms with Gasteiger partial charge in [-0.1, -0.05) is 11.6 Å². The highest BCUT2D eigenvalue weighted by Crippen LogP contribution is 2.30. The van der Waals surface area contributed by atoms with Crippen LogP contribution in [0.1, 0.15) is 25.0 Å². The molecule has 0 aliphatic heterocycles. The molecular formula is C14H18ClNO3. The maximum Gasteiger partial charge on any atom is 0.191 e. The highest BCUT2D eigenvalue weighted by atomic mass is 35.5. The van der Waals surface area contributed by atoms with Crippen LogP contribution in [0.15, 0.2) is 12.1 Å². The van der Waals surface area contributed by atoms with Crippen LogP contribution in [-0.4, -0.2) is 26.1 Å². The number of hydrogen-bond acceptors (Lipinski definition) is 4. The number of benzene rings is 1. The predicted octanol–water partition coefficient (Wildman–Crippen LogP) is 3.30. The Morgan fingerprint density at radius 1 is 1.26 bits per heavy atom. The predicted molar refractivity (Wildman–Crippen MR) is 73.4 cm³/mol. The first kappa shape index (κ1) is 15.8. The van der Waals surface area contributed by atoms with E-state index in [0.29, 0.717) is 29.5 Å². The summed E-state index contributed by atoms with van der Waals surface area (Å²) in [5.41, 5.74) is 1.33. The quantitative estimate of drug-likeness (QED) is 0.721. The van der Waals surface area contributed by atoms with Gasteiger partial charge in [0, 0.05) is 13.2 Å². The molecule has 1 aromatic rings. The van der Waals surface area contributed by atoms with Gasteiger partial charge in [-0.2, -0.15) is 5.26 Å². The van der Waals surface area contributed by atoms with E-state index in [9.17, 15) is 0 Å². The fourth-order valence-electron chi connectivity index (χ4n) is 1.65. The SMILES string of the molecule is CCOC(COc1c(C)cc(C#N)cc1Cl)OCC. The third kappa shape index (κ3) is 4.71. The van der Waals surface area contributed by atoms with Gasteiger partial charge in [-0.05, 0) is 38.5 Å². The molecule has 0 saturated carbocycles. The molecule has 1 rings (SSSR count). The average Bonchev–Trinajstić information content (AvgIpc) is 2.37. The van der Waals surface area contributed by atoms with Crippen molar-refractivity contribution in [2.24, 2.45) is 0 Å². The number of halogens is 1. The van der Waals surface area contributed by atoms with Crippen molar-refractivity contribution in [3.8, 4) is 11.8 Å². The molecule has 0 spiro atoms. The Morgan fingerprint density at radius 3 is 2.37 bits per heavy atom. The smallest absolute Gasteiger partial charge is 0.191 e. The van der Waals surface area contributed by atoms with Gasteiger partial charge in [-0.25, -0.2) is 0 Å². The number of nitriles is 1. The van der Waals surface area contributed by atoms with Crippen LogP contribution >= 0.6 is 11.6 Å². The standard InChI is InChI=1S/C14H18ClNO3/c1-4-17-13(18-5-2)9-19-14-10(3)6-11(8-16)7-12(14)15/h6-7,13H,4-5,9H2,1-3H3. The van der Waals surface area contributed by atoms with Crippen LogP contribution in [-0.2, 0) is 9.47 Å². The minimum Gasteiger partial charge on any atom is -0.486 e. The second-order valence-electron chi connectivity index (χ2n) is 3.87. The lowest BCUT2D eigenvalue weighted by molar-refractivity contribution is -0.152. The van der Waals surface area contributed by atoms with Gasteiger partial charge in [0.25, 0.3) is 0 Å². The highest BCUT2D eigenvalue weighted by Gasteiger charge is 2.13. The molecule has 0 radical (unpaired) electrons. The normalized spacial score (nSPS) is 10.5. The summed E-state index contributed by atoms with van der Waals surface area (Å²) in [6, 6.07) is 5.37. The van der Waals surface area contributed by atoms with Gasteiger partial charge in [0.15, 0.2) is 6.29 Å². The molecule has 0 unspecified atom stereocenters. The number of hydrogen-bond donors (Lipinski definition) is 0. The Morgan fingerprint density at radius 2 is 1.89 bits per heavy atom. The lowest BCUT2D eigenvalue weighted by Crippen LogP contribution is -2.25. The average molecular weight is 284 g/mol. The minimum atomic E-state index is -0.416. The number of rotatable bonds is 7. The molecule has 0 aromatic heterocycles. The van der Waals surface area contributed by atoms with Gasteiger partial charge in [0.2, 0.25) is 0 Å². The highest BCUT2D eigenvalue weighted by molar-refractivity contribution is 6.32. The summed E-state index contributed by atoms with van der Waals surface area (Å²) < 4.78 is 16.4. The van der Waals surface area contributed by atoms with Crippen molar-refractivity contribution in [3.05, 3.63) is 28.3 Å². The Balaban J connectivity index is 2.74. The molecule has 0 aliphatic rings. The Hall–Kier alpha value is -1.28. The van der Waals surface area contributed by atoms with Crippen LogP contribution in [0.2, 0.25) is 5.02 Å². The second-order valence-corrected chi connectivity index (χ2v) is 4.27. The van der Waals surface area contributed by atoms with Gasteiger partial charge in [0.1, 0.15) is 12.4 Å². The second kappa shape index (κ2) is 8.00. The van der Waals surface area contributed by atoms with Crippen LogP contribution in [0.3, 0.4) is 0 Å². The molecule has 0 heterocycles. The van der Waals surface area contributed by atoms with E-state index in [4.69, 9.17) is 31.1 Å². The first-order valence-corrected chi connectivity index (χ1v) is 6.56. The summed E-state index contributed by atoms with van der Waals surface area (Å²) in [4.78, 5) is 0. The maximum absolute atomic E-state index is 8.85. The van der Waals surface area contributed by atoms with E-state index >= 15 is 0 Å². The molecule has 0 saturated heterocycles. The monoisotopic (exact) mass is 283 g/mol. The van der Waals surface area contributed by atoms with Gasteiger partial charge < -0.3 is 14.2 Å². The fourth-order valence-corrected chi connectivity index (χ4v) is 1.97. The molecule has 1 aromatic carbocycles. The number of aryl methyl sites for hydroxylation is 1. The van der Waals surface area contributed by atoms with Crippen LogP contribution in [0.25, 0.3) is 0 Å². The summed E-state index contributed by atoms with van der Waals surface area (Å²) in [6.07, 6.45) is -0.416. The molecule has 5 heteroatoms. The first-order chi connectivity index (χ1) is 9.12. The lowest BCUT2D eigenvalue weighted by atomic mass is 10.1. The summed E-state index contributed by atoms with van der Waals surface area (Å²) in [5.74, 6) is 0.560. The molecule has 0 fully saturated rings. The summed E-state index contributed by atoms with van der Waals surface area (Å²) in [5, 5.41) is 9.27.